The number of ether oxygens (including phenoxy) is 1. The zero-order valence-electron chi connectivity index (χ0n) is 12.7. The monoisotopic (exact) mass is 350 g/mol. The van der Waals surface area contributed by atoms with Crippen molar-refractivity contribution in [2.24, 2.45) is 5.92 Å². The smallest absolute Gasteiger partial charge is 0.209 e. The molecule has 4 aliphatic rings. The summed E-state index contributed by atoms with van der Waals surface area (Å²) in [5.41, 5.74) is 0.824. The van der Waals surface area contributed by atoms with Crippen molar-refractivity contribution in [2.45, 2.75) is 12.8 Å². The van der Waals surface area contributed by atoms with Crippen molar-refractivity contribution in [3.63, 3.8) is 0 Å². The van der Waals surface area contributed by atoms with Crippen molar-refractivity contribution in [3.05, 3.63) is 10.7 Å². The first-order valence-electron chi connectivity index (χ1n) is 7.50. The van der Waals surface area contributed by atoms with E-state index in [1.807, 2.05) is 4.90 Å². The molecule has 2 fully saturated rings. The molecule has 0 unspecified atom stereocenters. The molecule has 2 saturated heterocycles. The molecule has 0 saturated carbocycles. The highest BCUT2D eigenvalue weighted by Gasteiger charge is 2.42. The highest BCUT2D eigenvalue weighted by molar-refractivity contribution is 8.09. The molecule has 0 aromatic rings. The van der Waals surface area contributed by atoms with Gasteiger partial charge in [0.15, 0.2) is 20.0 Å². The van der Waals surface area contributed by atoms with E-state index in [2.05, 4.69) is 4.90 Å². The van der Waals surface area contributed by atoms with Crippen LogP contribution in [0.25, 0.3) is 0 Å². The summed E-state index contributed by atoms with van der Waals surface area (Å²) in [7, 11) is -7.43. The maximum atomic E-state index is 12.7. The van der Waals surface area contributed by atoms with Crippen LogP contribution in [0.2, 0.25) is 0 Å². The lowest BCUT2D eigenvalue weighted by atomic mass is 9.89. The van der Waals surface area contributed by atoms with E-state index in [1.54, 1.807) is 0 Å². The van der Waals surface area contributed by atoms with Gasteiger partial charge >= 0.3 is 0 Å². The fraction of sp³-hybridized carbons (Fsp3) is 0.846. The Labute approximate surface area is 131 Å². The Bertz CT molecular complexity index is 669. The molecule has 126 valence electrons. The van der Waals surface area contributed by atoms with Crippen LogP contribution >= 0.6 is 0 Å². The quantitative estimate of drug-likeness (QED) is 0.684. The second kappa shape index (κ2) is 5.68. The van der Waals surface area contributed by atoms with Crippen molar-refractivity contribution in [3.8, 4) is 0 Å². The fourth-order valence-electron chi connectivity index (χ4n) is 3.58. The van der Waals surface area contributed by atoms with Gasteiger partial charge in [-0.15, -0.1) is 0 Å². The van der Waals surface area contributed by atoms with Crippen LogP contribution in [-0.4, -0.2) is 77.4 Å². The first-order chi connectivity index (χ1) is 10.3. The summed E-state index contributed by atoms with van der Waals surface area (Å²) in [6.45, 7) is 3.87. The van der Waals surface area contributed by atoms with Crippen LogP contribution in [0.1, 0.15) is 12.8 Å². The largest absolute Gasteiger partial charge is 0.378 e. The van der Waals surface area contributed by atoms with E-state index in [0.717, 1.165) is 24.8 Å². The minimum absolute atomic E-state index is 0.215. The number of morpholine rings is 1. The van der Waals surface area contributed by atoms with Gasteiger partial charge in [0.1, 0.15) is 0 Å². The summed E-state index contributed by atoms with van der Waals surface area (Å²) in [4.78, 5) is 3.93. The molecule has 0 N–H and O–H groups in total. The van der Waals surface area contributed by atoms with Gasteiger partial charge in [-0.1, -0.05) is 0 Å². The lowest BCUT2D eigenvalue weighted by Gasteiger charge is -2.47. The topological polar surface area (TPSA) is 84.0 Å². The van der Waals surface area contributed by atoms with Crippen molar-refractivity contribution in [1.82, 2.24) is 9.80 Å². The molecular weight excluding hydrogens is 328 g/mol. The van der Waals surface area contributed by atoms with Gasteiger partial charge in [0.05, 0.1) is 18.9 Å². The van der Waals surface area contributed by atoms with Crippen LogP contribution < -0.4 is 0 Å². The Morgan fingerprint density at radius 1 is 1.00 bits per heavy atom. The van der Waals surface area contributed by atoms with Crippen molar-refractivity contribution in [1.29, 1.82) is 0 Å². The summed E-state index contributed by atoms with van der Waals surface area (Å²) < 4.78 is 53.8. The summed E-state index contributed by atoms with van der Waals surface area (Å²) in [5, 5.41) is -0.561. The zero-order chi connectivity index (χ0) is 16.0. The van der Waals surface area contributed by atoms with Gasteiger partial charge in [-0.25, -0.2) is 16.8 Å². The number of nitrogens with zero attached hydrogens (tertiary/aromatic N) is 2. The molecule has 0 spiro atoms. The van der Waals surface area contributed by atoms with E-state index < -0.39 is 24.8 Å². The predicted octanol–water partition coefficient (Wildman–Crippen LogP) is -0.370. The first kappa shape index (κ1) is 16.1. The zero-order valence-corrected chi connectivity index (χ0v) is 14.3. The molecule has 0 amide bonds. The van der Waals surface area contributed by atoms with Gasteiger partial charge in [0.2, 0.25) is 9.84 Å². The summed E-state index contributed by atoms with van der Waals surface area (Å²) in [6, 6.07) is 0. The number of hydrogen-bond acceptors (Lipinski definition) is 7. The van der Waals surface area contributed by atoms with Gasteiger partial charge in [0, 0.05) is 38.4 Å². The third kappa shape index (κ3) is 3.11. The molecule has 4 aliphatic heterocycles. The van der Waals surface area contributed by atoms with E-state index in [0.29, 0.717) is 39.4 Å². The second-order valence-corrected chi connectivity index (χ2v) is 10.6. The number of rotatable bonds is 4. The van der Waals surface area contributed by atoms with E-state index in [9.17, 15) is 16.8 Å². The number of allylic oxidation sites excluding steroid dienone is 1. The third-order valence-corrected chi connectivity index (χ3v) is 8.41. The Morgan fingerprint density at radius 3 is 2.14 bits per heavy atom. The Balaban J connectivity index is 2.05. The van der Waals surface area contributed by atoms with Crippen LogP contribution in [0.3, 0.4) is 0 Å². The fourth-order valence-corrected chi connectivity index (χ4v) is 7.48. The van der Waals surface area contributed by atoms with Gasteiger partial charge in [-0.05, 0) is 12.8 Å². The van der Waals surface area contributed by atoms with Crippen LogP contribution in [0.4, 0.5) is 0 Å². The van der Waals surface area contributed by atoms with Crippen LogP contribution in [-0.2, 0) is 24.4 Å². The van der Waals surface area contributed by atoms with Gasteiger partial charge in [0.25, 0.3) is 0 Å². The van der Waals surface area contributed by atoms with Crippen LogP contribution in [0.15, 0.2) is 10.7 Å². The van der Waals surface area contributed by atoms with Crippen molar-refractivity contribution < 1.29 is 21.6 Å². The lowest BCUT2D eigenvalue weighted by molar-refractivity contribution is 0.0386. The van der Waals surface area contributed by atoms with Crippen LogP contribution in [0.5, 0.6) is 0 Å². The maximum Gasteiger partial charge on any atom is 0.209 e. The predicted molar refractivity (Wildman–Crippen MR) is 82.3 cm³/mol. The lowest BCUT2D eigenvalue weighted by Crippen LogP contribution is -2.50. The molecule has 0 aliphatic carbocycles. The SMILES string of the molecule is CS(=O)(=O)CS(=O)(=O)C1=C(N2CCOCC2)C2CCN1CC2. The molecule has 22 heavy (non-hydrogen) atoms. The molecule has 9 heteroatoms. The normalized spacial score (nSPS) is 24.2. The first-order valence-corrected chi connectivity index (χ1v) is 11.2. The summed E-state index contributed by atoms with van der Waals surface area (Å²) in [5.74, 6) is 0.215. The van der Waals surface area contributed by atoms with Crippen LogP contribution in [0, 0.1) is 5.92 Å². The van der Waals surface area contributed by atoms with Crippen molar-refractivity contribution >= 4 is 19.7 Å². The van der Waals surface area contributed by atoms with E-state index in [4.69, 9.17) is 4.74 Å². The summed E-state index contributed by atoms with van der Waals surface area (Å²) >= 11 is 0. The van der Waals surface area contributed by atoms with Gasteiger partial charge in [-0.2, -0.15) is 0 Å². The van der Waals surface area contributed by atoms with Gasteiger partial charge < -0.3 is 14.5 Å². The number of hydrogen-bond donors (Lipinski definition) is 0. The number of piperidine rings is 1. The number of fused-ring (bicyclic) bond motifs is 2. The molecule has 4 rings (SSSR count). The Hall–Kier alpha value is -0.800. The minimum atomic E-state index is -3.84. The van der Waals surface area contributed by atoms with E-state index in [1.165, 1.54) is 0 Å². The molecule has 0 aromatic carbocycles. The average Bonchev–Trinajstić information content (AvgIpc) is 2.46. The molecule has 4 heterocycles. The third-order valence-electron chi connectivity index (χ3n) is 4.40. The number of sulfone groups is 2. The molecule has 2 bridgehead atoms. The average molecular weight is 350 g/mol. The maximum absolute atomic E-state index is 12.7. The highest BCUT2D eigenvalue weighted by Crippen LogP contribution is 2.40. The molecule has 0 atom stereocenters. The van der Waals surface area contributed by atoms with E-state index in [-0.39, 0.29) is 10.9 Å². The molecule has 7 nitrogen and oxygen atoms in total. The van der Waals surface area contributed by atoms with Crippen molar-refractivity contribution in [2.75, 3.05) is 50.7 Å². The minimum Gasteiger partial charge on any atom is -0.378 e. The van der Waals surface area contributed by atoms with E-state index >= 15 is 0 Å². The standard InChI is InChI=1S/C13H22N2O5S2/c1-21(16,17)10-22(18,19)13-12(14-6-8-20-9-7-14)11-2-4-15(13)5-3-11/h11H,2-10H2,1H3. The second-order valence-electron chi connectivity index (χ2n) is 6.21. The molecular formula is C13H22N2O5S2. The van der Waals surface area contributed by atoms with Gasteiger partial charge in [-0.3, -0.25) is 0 Å². The highest BCUT2D eigenvalue weighted by atomic mass is 32.3. The molecule has 0 radical (unpaired) electrons. The summed E-state index contributed by atoms with van der Waals surface area (Å²) in [6.07, 6.45) is 2.84. The molecule has 0 aromatic heterocycles. The Kier molecular flexibility index (Phi) is 4.15. The Morgan fingerprint density at radius 2 is 1.59 bits per heavy atom.